The molecule has 1 aliphatic carbocycles. The van der Waals surface area contributed by atoms with E-state index in [-0.39, 0.29) is 36.2 Å². The number of ether oxygens (including phenoxy) is 3. The van der Waals surface area contributed by atoms with Crippen LogP contribution < -0.4 is 24.8 Å². The van der Waals surface area contributed by atoms with Gasteiger partial charge in [-0.2, -0.15) is 0 Å². The molecular weight excluding hydrogens is 524 g/mol. The van der Waals surface area contributed by atoms with Crippen LogP contribution in [0.1, 0.15) is 71.3 Å². The summed E-state index contributed by atoms with van der Waals surface area (Å²) in [5.74, 6) is 1.24. The van der Waals surface area contributed by atoms with Gasteiger partial charge in [0.1, 0.15) is 5.56 Å². The number of amides is 3. The normalized spacial score (nSPS) is 21.4. The molecule has 2 atom stereocenters. The van der Waals surface area contributed by atoms with Crippen molar-refractivity contribution in [1.82, 2.24) is 20.5 Å². The molecule has 3 aliphatic rings. The maximum Gasteiger partial charge on any atom is 0.259 e. The van der Waals surface area contributed by atoms with Crippen LogP contribution in [0.15, 0.2) is 18.2 Å². The topological polar surface area (TPSA) is 119 Å². The number of aryl methyl sites for hydroxylation is 4. The lowest BCUT2D eigenvalue weighted by Gasteiger charge is -2.31. The summed E-state index contributed by atoms with van der Waals surface area (Å²) in [7, 11) is 4.74. The third-order valence-electron chi connectivity index (χ3n) is 8.45. The Kier molecular flexibility index (Phi) is 8.95. The first-order valence-corrected chi connectivity index (χ1v) is 14.6. The molecule has 3 heterocycles. The van der Waals surface area contributed by atoms with E-state index in [0.29, 0.717) is 74.6 Å². The van der Waals surface area contributed by atoms with Crippen molar-refractivity contribution in [2.45, 2.75) is 76.3 Å². The Hall–Kier alpha value is -3.82. The fourth-order valence-electron chi connectivity index (χ4n) is 6.40. The van der Waals surface area contributed by atoms with Gasteiger partial charge in [-0.05, 0) is 80.2 Å². The maximum atomic E-state index is 14.1. The number of nitrogens with one attached hydrogen (secondary N) is 2. The smallest absolute Gasteiger partial charge is 0.259 e. The third kappa shape index (κ3) is 6.26. The van der Waals surface area contributed by atoms with E-state index in [1.54, 1.807) is 19.1 Å². The Morgan fingerprint density at radius 3 is 2.44 bits per heavy atom. The molecule has 0 spiro atoms. The molecule has 1 saturated heterocycles. The molecular formula is C31H40N4O6. The number of hydrogen-bond donors (Lipinski definition) is 2. The van der Waals surface area contributed by atoms with E-state index in [0.717, 1.165) is 41.6 Å². The number of carbonyl (C=O) groups excluding carboxylic acids is 3. The number of carbonyl (C=O) groups is 3. The fourth-order valence-corrected chi connectivity index (χ4v) is 6.40. The standard InChI is InChI=1S/C31H40N4O6/c1-39-26-15-19-9-12-27(36)33-18-23-11-10-22(17-28(37)32-13-5-7-21(14-19)29(26)40-2)35(23)31(38)24-16-20-6-4-8-25(20)34-30(24)41-3/h14-16,22-23H,4-13,17-18H2,1-3H3,(H,32,37)(H,33,36)/t22-,23+/m0/s1. The molecule has 10 nitrogen and oxygen atoms in total. The van der Waals surface area contributed by atoms with E-state index in [2.05, 4.69) is 21.7 Å². The molecule has 41 heavy (non-hydrogen) atoms. The van der Waals surface area contributed by atoms with Gasteiger partial charge >= 0.3 is 0 Å². The second-order valence-electron chi connectivity index (χ2n) is 11.1. The number of nitrogens with zero attached hydrogens (tertiary/aromatic N) is 2. The average Bonchev–Trinajstić information content (AvgIpc) is 3.61. The molecule has 10 heteroatoms. The van der Waals surface area contributed by atoms with Crippen molar-refractivity contribution in [2.24, 2.45) is 0 Å². The minimum absolute atomic E-state index is 0.0870. The lowest BCUT2D eigenvalue weighted by atomic mass is 10.0. The van der Waals surface area contributed by atoms with Crippen LogP contribution in [-0.4, -0.2) is 74.1 Å². The van der Waals surface area contributed by atoms with Crippen molar-refractivity contribution in [3.05, 3.63) is 46.1 Å². The minimum Gasteiger partial charge on any atom is -0.493 e. The molecule has 4 bridgehead atoms. The Morgan fingerprint density at radius 1 is 0.854 bits per heavy atom. The van der Waals surface area contributed by atoms with Crippen LogP contribution >= 0.6 is 0 Å². The third-order valence-corrected chi connectivity index (χ3v) is 8.45. The molecule has 1 fully saturated rings. The predicted molar refractivity (Wildman–Crippen MR) is 153 cm³/mol. The molecule has 2 N–H and O–H groups in total. The molecule has 220 valence electrons. The summed E-state index contributed by atoms with van der Waals surface area (Å²) in [6.45, 7) is 0.821. The number of benzene rings is 1. The predicted octanol–water partition coefficient (Wildman–Crippen LogP) is 2.77. The zero-order chi connectivity index (χ0) is 28.9. The largest absolute Gasteiger partial charge is 0.493 e. The maximum absolute atomic E-state index is 14.1. The van der Waals surface area contributed by atoms with Crippen LogP contribution in [-0.2, 0) is 35.3 Å². The van der Waals surface area contributed by atoms with E-state index in [1.807, 2.05) is 12.1 Å². The molecule has 3 amide bonds. The summed E-state index contributed by atoms with van der Waals surface area (Å²) in [6, 6.07) is 5.36. The molecule has 2 aromatic rings. The van der Waals surface area contributed by atoms with Gasteiger partial charge in [0.05, 0.1) is 21.3 Å². The van der Waals surface area contributed by atoms with Crippen molar-refractivity contribution in [1.29, 1.82) is 0 Å². The summed E-state index contributed by atoms with van der Waals surface area (Å²) >= 11 is 0. The molecule has 1 aromatic carbocycles. The lowest BCUT2D eigenvalue weighted by Crippen LogP contribution is -2.48. The SMILES string of the molecule is COc1cc2cc(c1OC)CCCNC(=O)C[C@@H]1CC[C@H](CNC(=O)CC2)N1C(=O)c1cc2c(nc1OC)CCC2. The number of rotatable bonds is 4. The number of aromatic nitrogens is 1. The van der Waals surface area contributed by atoms with Crippen molar-refractivity contribution >= 4 is 17.7 Å². The summed E-state index contributed by atoms with van der Waals surface area (Å²) < 4.78 is 16.7. The second-order valence-corrected chi connectivity index (χ2v) is 11.1. The van der Waals surface area contributed by atoms with Crippen LogP contribution in [0.2, 0.25) is 0 Å². The van der Waals surface area contributed by atoms with Gasteiger partial charge in [-0.3, -0.25) is 14.4 Å². The second kappa shape index (κ2) is 12.8. The minimum atomic E-state index is -0.280. The van der Waals surface area contributed by atoms with Crippen molar-refractivity contribution in [2.75, 3.05) is 34.4 Å². The van der Waals surface area contributed by atoms with Gasteiger partial charge in [0.2, 0.25) is 17.7 Å². The van der Waals surface area contributed by atoms with E-state index in [1.165, 1.54) is 7.11 Å². The summed E-state index contributed by atoms with van der Waals surface area (Å²) in [6.07, 6.45) is 6.60. The summed E-state index contributed by atoms with van der Waals surface area (Å²) in [5.41, 5.74) is 4.45. The van der Waals surface area contributed by atoms with E-state index < -0.39 is 0 Å². The fraction of sp³-hybridized carbons (Fsp3) is 0.548. The van der Waals surface area contributed by atoms with Gasteiger partial charge in [0, 0.05) is 43.7 Å². The first kappa shape index (κ1) is 28.7. The number of hydrogen-bond acceptors (Lipinski definition) is 7. The van der Waals surface area contributed by atoms with Gasteiger partial charge in [-0.25, -0.2) is 4.98 Å². The van der Waals surface area contributed by atoms with E-state index >= 15 is 0 Å². The number of methoxy groups -OCH3 is 3. The van der Waals surface area contributed by atoms with Crippen LogP contribution in [0.4, 0.5) is 0 Å². The monoisotopic (exact) mass is 564 g/mol. The Labute approximate surface area is 241 Å². The Bertz CT molecular complexity index is 1310. The first-order valence-electron chi connectivity index (χ1n) is 14.6. The van der Waals surface area contributed by atoms with Crippen molar-refractivity contribution < 1.29 is 28.6 Å². The molecule has 5 rings (SSSR count). The molecule has 0 radical (unpaired) electrons. The molecule has 0 unspecified atom stereocenters. The van der Waals surface area contributed by atoms with Gasteiger partial charge in [-0.1, -0.05) is 6.07 Å². The van der Waals surface area contributed by atoms with E-state index in [9.17, 15) is 14.4 Å². The van der Waals surface area contributed by atoms with Gasteiger partial charge < -0.3 is 29.7 Å². The highest BCUT2D eigenvalue weighted by Gasteiger charge is 2.40. The highest BCUT2D eigenvalue weighted by atomic mass is 16.5. The summed E-state index contributed by atoms with van der Waals surface area (Å²) in [4.78, 5) is 46.5. The Morgan fingerprint density at radius 2 is 1.66 bits per heavy atom. The Balaban J connectivity index is 1.39. The molecule has 1 aromatic heterocycles. The quantitative estimate of drug-likeness (QED) is 0.586. The lowest BCUT2D eigenvalue weighted by molar-refractivity contribution is -0.123. The highest BCUT2D eigenvalue weighted by molar-refractivity contribution is 5.97. The number of fused-ring (bicyclic) bond motifs is 5. The van der Waals surface area contributed by atoms with Crippen LogP contribution in [0.5, 0.6) is 17.4 Å². The van der Waals surface area contributed by atoms with Crippen molar-refractivity contribution in [3.8, 4) is 17.4 Å². The molecule has 2 aliphatic heterocycles. The summed E-state index contributed by atoms with van der Waals surface area (Å²) in [5, 5.41) is 6.09. The van der Waals surface area contributed by atoms with Crippen LogP contribution in [0.25, 0.3) is 0 Å². The average molecular weight is 565 g/mol. The van der Waals surface area contributed by atoms with Crippen molar-refractivity contribution in [3.63, 3.8) is 0 Å². The highest BCUT2D eigenvalue weighted by Crippen LogP contribution is 2.35. The van der Waals surface area contributed by atoms with Gasteiger partial charge in [0.15, 0.2) is 11.5 Å². The van der Waals surface area contributed by atoms with Crippen LogP contribution in [0.3, 0.4) is 0 Å². The zero-order valence-electron chi connectivity index (χ0n) is 24.2. The van der Waals surface area contributed by atoms with E-state index in [4.69, 9.17) is 14.2 Å². The first-order chi connectivity index (χ1) is 19.9. The number of pyridine rings is 1. The van der Waals surface area contributed by atoms with Crippen LogP contribution in [0, 0.1) is 0 Å². The zero-order valence-corrected chi connectivity index (χ0v) is 24.2. The van der Waals surface area contributed by atoms with Gasteiger partial charge in [0.25, 0.3) is 5.91 Å². The molecule has 0 saturated carbocycles. The van der Waals surface area contributed by atoms with Gasteiger partial charge in [-0.15, -0.1) is 0 Å².